The molecule has 100 valence electrons. The molecule has 0 aliphatic carbocycles. The molecule has 2 aromatic rings. The van der Waals surface area contributed by atoms with Gasteiger partial charge in [-0.3, -0.25) is 9.89 Å². The Bertz CT molecular complexity index is 593. The van der Waals surface area contributed by atoms with E-state index in [0.29, 0.717) is 22.9 Å². The lowest BCUT2D eigenvalue weighted by atomic mass is 10.2. The topological polar surface area (TPSA) is 76.2 Å². The molecule has 0 fully saturated rings. The number of methoxy groups -OCH3 is 2. The first-order valence-electron chi connectivity index (χ1n) is 5.69. The van der Waals surface area contributed by atoms with Gasteiger partial charge in [-0.15, -0.1) is 0 Å². The molecule has 0 bridgehead atoms. The van der Waals surface area contributed by atoms with E-state index in [1.54, 1.807) is 31.5 Å². The molecule has 6 heteroatoms. The Morgan fingerprint density at radius 3 is 2.58 bits per heavy atom. The number of H-pyrrole nitrogens is 1. The van der Waals surface area contributed by atoms with Crippen LogP contribution in [-0.4, -0.2) is 30.3 Å². The lowest BCUT2D eigenvalue weighted by Gasteiger charge is -2.09. The van der Waals surface area contributed by atoms with E-state index in [2.05, 4.69) is 15.5 Å². The Morgan fingerprint density at radius 1 is 1.26 bits per heavy atom. The number of aromatic nitrogens is 2. The summed E-state index contributed by atoms with van der Waals surface area (Å²) in [4.78, 5) is 12.1. The van der Waals surface area contributed by atoms with Crippen LogP contribution >= 0.6 is 0 Å². The van der Waals surface area contributed by atoms with Crippen molar-refractivity contribution >= 4 is 11.7 Å². The minimum atomic E-state index is -0.242. The van der Waals surface area contributed by atoms with Gasteiger partial charge in [-0.2, -0.15) is 5.10 Å². The SMILES string of the molecule is COc1ccc(C(=O)Nc2[nH]ncc2C)cc1OC. The highest BCUT2D eigenvalue weighted by Gasteiger charge is 2.12. The lowest BCUT2D eigenvalue weighted by Crippen LogP contribution is -2.13. The number of ether oxygens (including phenoxy) is 2. The molecule has 0 radical (unpaired) electrons. The highest BCUT2D eigenvalue weighted by Crippen LogP contribution is 2.27. The highest BCUT2D eigenvalue weighted by molar-refractivity contribution is 6.04. The summed E-state index contributed by atoms with van der Waals surface area (Å²) >= 11 is 0. The maximum atomic E-state index is 12.1. The molecule has 6 nitrogen and oxygen atoms in total. The van der Waals surface area contributed by atoms with Crippen molar-refractivity contribution in [3.05, 3.63) is 35.5 Å². The molecule has 19 heavy (non-hydrogen) atoms. The van der Waals surface area contributed by atoms with Crippen LogP contribution < -0.4 is 14.8 Å². The number of nitrogens with zero attached hydrogens (tertiary/aromatic N) is 1. The number of nitrogens with one attached hydrogen (secondary N) is 2. The van der Waals surface area contributed by atoms with Crippen molar-refractivity contribution in [1.82, 2.24) is 10.2 Å². The molecule has 1 aromatic carbocycles. The van der Waals surface area contributed by atoms with E-state index in [0.717, 1.165) is 5.56 Å². The molecule has 1 aromatic heterocycles. The normalized spacial score (nSPS) is 10.1. The molecule has 2 N–H and O–H groups in total. The molecule has 0 atom stereocenters. The fourth-order valence-corrected chi connectivity index (χ4v) is 1.64. The minimum Gasteiger partial charge on any atom is -0.493 e. The molecule has 0 saturated carbocycles. The summed E-state index contributed by atoms with van der Waals surface area (Å²) in [5.74, 6) is 1.43. The molecule has 1 heterocycles. The van der Waals surface area contributed by atoms with E-state index in [-0.39, 0.29) is 5.91 Å². The average molecular weight is 261 g/mol. The van der Waals surface area contributed by atoms with E-state index in [4.69, 9.17) is 9.47 Å². The van der Waals surface area contributed by atoms with Crippen LogP contribution in [0.4, 0.5) is 5.82 Å². The number of amides is 1. The van der Waals surface area contributed by atoms with Gasteiger partial charge in [0.05, 0.1) is 20.4 Å². The third-order valence-corrected chi connectivity index (χ3v) is 2.71. The summed E-state index contributed by atoms with van der Waals surface area (Å²) < 4.78 is 10.3. The van der Waals surface area contributed by atoms with Crippen molar-refractivity contribution in [1.29, 1.82) is 0 Å². The van der Waals surface area contributed by atoms with E-state index < -0.39 is 0 Å². The first-order chi connectivity index (χ1) is 9.15. The summed E-state index contributed by atoms with van der Waals surface area (Å²) in [6.45, 7) is 1.85. The summed E-state index contributed by atoms with van der Waals surface area (Å²) in [7, 11) is 3.07. The number of carbonyl (C=O) groups is 1. The van der Waals surface area contributed by atoms with Crippen molar-refractivity contribution in [2.24, 2.45) is 0 Å². The van der Waals surface area contributed by atoms with Gasteiger partial charge < -0.3 is 14.8 Å². The quantitative estimate of drug-likeness (QED) is 0.882. The van der Waals surface area contributed by atoms with Crippen LogP contribution in [0.5, 0.6) is 11.5 Å². The largest absolute Gasteiger partial charge is 0.493 e. The van der Waals surface area contributed by atoms with Crippen LogP contribution in [0.3, 0.4) is 0 Å². The zero-order valence-corrected chi connectivity index (χ0v) is 11.0. The first-order valence-corrected chi connectivity index (χ1v) is 5.69. The van der Waals surface area contributed by atoms with Crippen molar-refractivity contribution in [2.45, 2.75) is 6.92 Å². The molecule has 1 amide bonds. The Morgan fingerprint density at radius 2 is 2.00 bits per heavy atom. The van der Waals surface area contributed by atoms with Gasteiger partial charge in [-0.05, 0) is 25.1 Å². The predicted octanol–water partition coefficient (Wildman–Crippen LogP) is 1.99. The molecule has 2 rings (SSSR count). The maximum absolute atomic E-state index is 12.1. The van der Waals surface area contributed by atoms with Crippen LogP contribution in [-0.2, 0) is 0 Å². The van der Waals surface area contributed by atoms with E-state index >= 15 is 0 Å². The third-order valence-electron chi connectivity index (χ3n) is 2.71. The Hall–Kier alpha value is -2.50. The fraction of sp³-hybridized carbons (Fsp3) is 0.231. The van der Waals surface area contributed by atoms with Gasteiger partial charge in [-0.1, -0.05) is 0 Å². The van der Waals surface area contributed by atoms with Crippen molar-refractivity contribution in [3.63, 3.8) is 0 Å². The Labute approximate surface area is 110 Å². The smallest absolute Gasteiger partial charge is 0.256 e. The number of rotatable bonds is 4. The van der Waals surface area contributed by atoms with Crippen molar-refractivity contribution in [2.75, 3.05) is 19.5 Å². The van der Waals surface area contributed by atoms with Gasteiger partial charge in [0.15, 0.2) is 11.5 Å². The maximum Gasteiger partial charge on any atom is 0.256 e. The monoisotopic (exact) mass is 261 g/mol. The first kappa shape index (κ1) is 12.9. The molecule has 0 unspecified atom stereocenters. The Kier molecular flexibility index (Phi) is 3.70. The van der Waals surface area contributed by atoms with Gasteiger partial charge in [0, 0.05) is 11.1 Å². The molecule has 0 aliphatic rings. The van der Waals surface area contributed by atoms with Gasteiger partial charge in [-0.25, -0.2) is 0 Å². The minimum absolute atomic E-state index is 0.242. The molecular weight excluding hydrogens is 246 g/mol. The number of aromatic amines is 1. The van der Waals surface area contributed by atoms with Crippen molar-refractivity contribution < 1.29 is 14.3 Å². The van der Waals surface area contributed by atoms with Gasteiger partial charge in [0.2, 0.25) is 0 Å². The van der Waals surface area contributed by atoms with Crippen LogP contribution in [0.1, 0.15) is 15.9 Å². The van der Waals surface area contributed by atoms with Crippen LogP contribution in [0.15, 0.2) is 24.4 Å². The number of aryl methyl sites for hydroxylation is 1. The number of benzene rings is 1. The van der Waals surface area contributed by atoms with E-state index in [1.807, 2.05) is 6.92 Å². The second kappa shape index (κ2) is 5.43. The zero-order chi connectivity index (χ0) is 13.8. The average Bonchev–Trinajstić information content (AvgIpc) is 2.83. The van der Waals surface area contributed by atoms with Crippen molar-refractivity contribution in [3.8, 4) is 11.5 Å². The van der Waals surface area contributed by atoms with Crippen LogP contribution in [0, 0.1) is 6.92 Å². The van der Waals surface area contributed by atoms with E-state index in [9.17, 15) is 4.79 Å². The summed E-state index contributed by atoms with van der Waals surface area (Å²) in [6, 6.07) is 4.98. The number of hydrogen-bond acceptors (Lipinski definition) is 4. The van der Waals surface area contributed by atoms with Crippen LogP contribution in [0.2, 0.25) is 0 Å². The van der Waals surface area contributed by atoms with Crippen LogP contribution in [0.25, 0.3) is 0 Å². The number of carbonyl (C=O) groups excluding carboxylic acids is 1. The lowest BCUT2D eigenvalue weighted by molar-refractivity contribution is 0.102. The summed E-state index contributed by atoms with van der Waals surface area (Å²) in [5.41, 5.74) is 1.35. The highest BCUT2D eigenvalue weighted by atomic mass is 16.5. The fourth-order valence-electron chi connectivity index (χ4n) is 1.64. The molecule has 0 aliphatic heterocycles. The second-order valence-electron chi connectivity index (χ2n) is 3.95. The number of anilines is 1. The molecule has 0 spiro atoms. The van der Waals surface area contributed by atoms with Gasteiger partial charge in [0.25, 0.3) is 5.91 Å². The Balaban J connectivity index is 2.22. The number of hydrogen-bond donors (Lipinski definition) is 2. The summed E-state index contributed by atoms with van der Waals surface area (Å²) in [5, 5.41) is 9.31. The van der Waals surface area contributed by atoms with E-state index in [1.165, 1.54) is 7.11 Å². The standard InChI is InChI=1S/C13H15N3O3/c1-8-7-14-16-12(8)15-13(17)9-4-5-10(18-2)11(6-9)19-3/h4-7H,1-3H3,(H2,14,15,16,17). The van der Waals surface area contributed by atoms with Gasteiger partial charge in [0.1, 0.15) is 5.82 Å². The molecular formula is C13H15N3O3. The predicted molar refractivity (Wildman–Crippen MR) is 70.8 cm³/mol. The second-order valence-corrected chi connectivity index (χ2v) is 3.95. The zero-order valence-electron chi connectivity index (χ0n) is 11.0. The van der Waals surface area contributed by atoms with Gasteiger partial charge >= 0.3 is 0 Å². The molecule has 0 saturated heterocycles. The summed E-state index contributed by atoms with van der Waals surface area (Å²) in [6.07, 6.45) is 1.64. The third kappa shape index (κ3) is 2.67.